The van der Waals surface area contributed by atoms with Crippen LogP contribution in [0.1, 0.15) is 25.7 Å². The third kappa shape index (κ3) is 2.90. The minimum atomic E-state index is -0.0604. The summed E-state index contributed by atoms with van der Waals surface area (Å²) in [6.07, 6.45) is 4.74. The fourth-order valence-electron chi connectivity index (χ4n) is 2.75. The highest BCUT2D eigenvalue weighted by Gasteiger charge is 2.25. The predicted molar refractivity (Wildman–Crippen MR) is 69.9 cm³/mol. The van der Waals surface area contributed by atoms with Gasteiger partial charge in [-0.1, -0.05) is 6.42 Å². The van der Waals surface area contributed by atoms with Gasteiger partial charge in [0.1, 0.15) is 0 Å². The average Bonchev–Trinajstić information content (AvgIpc) is 2.85. The Morgan fingerprint density at radius 3 is 3.06 bits per heavy atom. The Kier molecular flexibility index (Phi) is 4.36. The van der Waals surface area contributed by atoms with Gasteiger partial charge >= 0.3 is 0 Å². The van der Waals surface area contributed by atoms with Crippen LogP contribution in [-0.2, 0) is 6.54 Å². The van der Waals surface area contributed by atoms with Gasteiger partial charge in [0, 0.05) is 24.7 Å². The number of methoxy groups -OCH3 is 1. The third-order valence-electron chi connectivity index (χ3n) is 3.79. The predicted octanol–water partition coefficient (Wildman–Crippen LogP) is 1.03. The molecule has 0 spiro atoms. The van der Waals surface area contributed by atoms with E-state index in [2.05, 4.69) is 10.4 Å². The summed E-state index contributed by atoms with van der Waals surface area (Å²) in [4.78, 5) is 11.7. The van der Waals surface area contributed by atoms with Crippen molar-refractivity contribution < 1.29 is 4.74 Å². The van der Waals surface area contributed by atoms with Crippen LogP contribution in [0, 0.1) is 5.92 Å². The quantitative estimate of drug-likeness (QED) is 0.849. The number of rotatable bonds is 5. The molecule has 2 unspecified atom stereocenters. The minimum absolute atomic E-state index is 0.0604. The summed E-state index contributed by atoms with van der Waals surface area (Å²) in [5.41, 5.74) is -0.0604. The van der Waals surface area contributed by atoms with E-state index in [9.17, 15) is 4.79 Å². The lowest BCUT2D eigenvalue weighted by Gasteiger charge is -2.18. The first kappa shape index (κ1) is 13.1. The van der Waals surface area contributed by atoms with Crippen molar-refractivity contribution >= 4 is 0 Å². The molecule has 5 heteroatoms. The maximum Gasteiger partial charge on any atom is 0.266 e. The second kappa shape index (κ2) is 6.00. The first-order chi connectivity index (χ1) is 8.74. The van der Waals surface area contributed by atoms with E-state index in [4.69, 9.17) is 4.74 Å². The number of aryl methyl sites for hydroxylation is 1. The topological polar surface area (TPSA) is 56.1 Å². The van der Waals surface area contributed by atoms with Gasteiger partial charge in [-0.2, -0.15) is 0 Å². The van der Waals surface area contributed by atoms with Crippen LogP contribution in [0.25, 0.3) is 0 Å². The molecule has 0 aromatic carbocycles. The van der Waals surface area contributed by atoms with Crippen LogP contribution in [0.3, 0.4) is 0 Å². The Labute approximate surface area is 107 Å². The molecule has 0 bridgehead atoms. The summed E-state index contributed by atoms with van der Waals surface area (Å²) in [6.45, 7) is 0.666. The zero-order chi connectivity index (χ0) is 13.0. The van der Waals surface area contributed by atoms with E-state index in [1.807, 2.05) is 7.05 Å². The highest BCUT2D eigenvalue weighted by Crippen LogP contribution is 2.28. The van der Waals surface area contributed by atoms with E-state index in [1.54, 1.807) is 13.2 Å². The lowest BCUT2D eigenvalue weighted by atomic mass is 10.00. The van der Waals surface area contributed by atoms with E-state index < -0.39 is 0 Å². The van der Waals surface area contributed by atoms with Gasteiger partial charge in [-0.15, -0.1) is 5.10 Å². The van der Waals surface area contributed by atoms with Crippen LogP contribution < -0.4 is 15.6 Å². The molecule has 1 heterocycles. The second-order valence-electron chi connectivity index (χ2n) is 4.81. The van der Waals surface area contributed by atoms with Gasteiger partial charge in [0.05, 0.1) is 7.11 Å². The van der Waals surface area contributed by atoms with Gasteiger partial charge < -0.3 is 10.1 Å². The maximum atomic E-state index is 11.7. The molecular formula is C13H21N3O2. The molecule has 1 fully saturated rings. The normalized spacial score (nSPS) is 23.2. The molecule has 0 saturated heterocycles. The number of hydrogen-bond acceptors (Lipinski definition) is 4. The maximum absolute atomic E-state index is 11.7. The SMILES string of the molecule is CNC1CCCC1CCn1nc(OC)ccc1=O. The molecule has 1 aromatic heterocycles. The number of nitrogens with zero attached hydrogens (tertiary/aromatic N) is 2. The molecule has 1 aliphatic rings. The van der Waals surface area contributed by atoms with Crippen molar-refractivity contribution in [3.8, 4) is 5.88 Å². The van der Waals surface area contributed by atoms with E-state index in [0.717, 1.165) is 6.42 Å². The Balaban J connectivity index is 1.99. The molecule has 0 aliphatic heterocycles. The van der Waals surface area contributed by atoms with Gasteiger partial charge in [-0.25, -0.2) is 4.68 Å². The summed E-state index contributed by atoms with van der Waals surface area (Å²) in [6, 6.07) is 3.70. The minimum Gasteiger partial charge on any atom is -0.480 e. The van der Waals surface area contributed by atoms with Crippen molar-refractivity contribution in [1.29, 1.82) is 0 Å². The smallest absolute Gasteiger partial charge is 0.266 e. The Bertz CT molecular complexity index is 444. The van der Waals surface area contributed by atoms with Crippen molar-refractivity contribution in [2.24, 2.45) is 5.92 Å². The standard InChI is InChI=1S/C13H21N3O2/c1-14-11-5-3-4-10(11)8-9-16-13(17)7-6-12(15-16)18-2/h6-7,10-11,14H,3-5,8-9H2,1-2H3. The summed E-state index contributed by atoms with van der Waals surface area (Å²) in [5, 5.41) is 7.52. The Morgan fingerprint density at radius 2 is 2.33 bits per heavy atom. The van der Waals surface area contributed by atoms with Gasteiger partial charge in [-0.05, 0) is 32.2 Å². The second-order valence-corrected chi connectivity index (χ2v) is 4.81. The molecule has 2 rings (SSSR count). The molecule has 0 amide bonds. The fraction of sp³-hybridized carbons (Fsp3) is 0.692. The van der Waals surface area contributed by atoms with Crippen LogP contribution in [0.2, 0.25) is 0 Å². The summed E-state index contributed by atoms with van der Waals surface area (Å²) in [7, 11) is 3.57. The zero-order valence-corrected chi connectivity index (χ0v) is 11.1. The molecule has 18 heavy (non-hydrogen) atoms. The monoisotopic (exact) mass is 251 g/mol. The zero-order valence-electron chi connectivity index (χ0n) is 11.1. The number of hydrogen-bond donors (Lipinski definition) is 1. The third-order valence-corrected chi connectivity index (χ3v) is 3.79. The molecule has 1 saturated carbocycles. The van der Waals surface area contributed by atoms with Crippen molar-refractivity contribution in [1.82, 2.24) is 15.1 Å². The lowest BCUT2D eigenvalue weighted by molar-refractivity contribution is 0.344. The summed E-state index contributed by atoms with van der Waals surface area (Å²) in [5.74, 6) is 1.14. The first-order valence-electron chi connectivity index (χ1n) is 6.54. The highest BCUT2D eigenvalue weighted by atomic mass is 16.5. The number of aromatic nitrogens is 2. The molecule has 1 aliphatic carbocycles. The molecule has 1 aromatic rings. The molecule has 5 nitrogen and oxygen atoms in total. The van der Waals surface area contributed by atoms with E-state index in [1.165, 1.54) is 30.0 Å². The van der Waals surface area contributed by atoms with Crippen molar-refractivity contribution in [3.05, 3.63) is 22.5 Å². The molecule has 1 N–H and O–H groups in total. The lowest BCUT2D eigenvalue weighted by Crippen LogP contribution is -2.31. The van der Waals surface area contributed by atoms with Gasteiger partial charge in [0.2, 0.25) is 5.88 Å². The Hall–Kier alpha value is -1.36. The van der Waals surface area contributed by atoms with E-state index in [-0.39, 0.29) is 5.56 Å². The van der Waals surface area contributed by atoms with Crippen LogP contribution in [0.5, 0.6) is 5.88 Å². The van der Waals surface area contributed by atoms with Crippen LogP contribution >= 0.6 is 0 Å². The van der Waals surface area contributed by atoms with Crippen LogP contribution in [-0.4, -0.2) is 30.0 Å². The average molecular weight is 251 g/mol. The molecule has 0 radical (unpaired) electrons. The highest BCUT2D eigenvalue weighted by molar-refractivity contribution is 5.05. The Morgan fingerprint density at radius 1 is 1.50 bits per heavy atom. The van der Waals surface area contributed by atoms with Crippen LogP contribution in [0.4, 0.5) is 0 Å². The van der Waals surface area contributed by atoms with Gasteiger partial charge in [0.25, 0.3) is 5.56 Å². The molecule has 2 atom stereocenters. The largest absolute Gasteiger partial charge is 0.480 e. The first-order valence-corrected chi connectivity index (χ1v) is 6.54. The number of nitrogens with one attached hydrogen (secondary N) is 1. The van der Waals surface area contributed by atoms with Crippen molar-refractivity contribution in [2.45, 2.75) is 38.3 Å². The summed E-state index contributed by atoms with van der Waals surface area (Å²) >= 11 is 0. The molecular weight excluding hydrogens is 230 g/mol. The molecule has 100 valence electrons. The van der Waals surface area contributed by atoms with Gasteiger partial charge in [0.15, 0.2) is 0 Å². The fourth-order valence-corrected chi connectivity index (χ4v) is 2.75. The van der Waals surface area contributed by atoms with E-state index in [0.29, 0.717) is 24.4 Å². The van der Waals surface area contributed by atoms with Gasteiger partial charge in [-0.3, -0.25) is 4.79 Å². The van der Waals surface area contributed by atoms with E-state index >= 15 is 0 Å². The van der Waals surface area contributed by atoms with Crippen molar-refractivity contribution in [2.75, 3.05) is 14.2 Å². The van der Waals surface area contributed by atoms with Crippen LogP contribution in [0.15, 0.2) is 16.9 Å². The summed E-state index contributed by atoms with van der Waals surface area (Å²) < 4.78 is 6.54. The van der Waals surface area contributed by atoms with Crippen molar-refractivity contribution in [3.63, 3.8) is 0 Å². The number of ether oxygens (including phenoxy) is 1.